The highest BCUT2D eigenvalue weighted by Gasteiger charge is 2.37. The van der Waals surface area contributed by atoms with Crippen LogP contribution in [0.1, 0.15) is 32.6 Å². The van der Waals surface area contributed by atoms with Gasteiger partial charge in [0.1, 0.15) is 6.61 Å². The van der Waals surface area contributed by atoms with Crippen molar-refractivity contribution in [2.45, 2.75) is 38.4 Å². The van der Waals surface area contributed by atoms with Crippen LogP contribution in [0.4, 0.5) is 0 Å². The van der Waals surface area contributed by atoms with Crippen LogP contribution in [-0.2, 0) is 14.2 Å². The van der Waals surface area contributed by atoms with E-state index in [0.717, 1.165) is 25.4 Å². The number of hydrogen-bond acceptors (Lipinski definition) is 3. The highest BCUT2D eigenvalue weighted by Crippen LogP contribution is 2.38. The Morgan fingerprint density at radius 3 is 2.29 bits per heavy atom. The molecule has 1 rings (SSSR count). The van der Waals surface area contributed by atoms with Crippen LogP contribution in [0.5, 0.6) is 0 Å². The standard InChI is InChI=1S/C11H22O3/c1-4-7-14-9-11(12-2,13-3)8-10-5-6-10/h10H,4-9H2,1-3H3. The molecule has 0 spiro atoms. The van der Waals surface area contributed by atoms with E-state index in [0.29, 0.717) is 6.61 Å². The van der Waals surface area contributed by atoms with Crippen LogP contribution in [0.3, 0.4) is 0 Å². The molecule has 1 saturated carbocycles. The smallest absolute Gasteiger partial charge is 0.191 e. The highest BCUT2D eigenvalue weighted by atomic mass is 16.7. The first-order chi connectivity index (χ1) is 6.76. The first kappa shape index (κ1) is 12.0. The predicted octanol–water partition coefficient (Wildman–Crippen LogP) is 2.20. The molecule has 0 N–H and O–H groups in total. The Morgan fingerprint density at radius 2 is 1.86 bits per heavy atom. The second kappa shape index (κ2) is 5.69. The zero-order valence-corrected chi connectivity index (χ0v) is 9.54. The third-order valence-corrected chi connectivity index (χ3v) is 2.71. The second-order valence-corrected chi connectivity index (χ2v) is 4.02. The third kappa shape index (κ3) is 3.56. The van der Waals surface area contributed by atoms with E-state index >= 15 is 0 Å². The Hall–Kier alpha value is -0.120. The Labute approximate surface area is 86.7 Å². The van der Waals surface area contributed by atoms with Crippen LogP contribution in [0.25, 0.3) is 0 Å². The largest absolute Gasteiger partial charge is 0.376 e. The average Bonchev–Trinajstić information content (AvgIpc) is 3.00. The Balaban J connectivity index is 2.32. The quantitative estimate of drug-likeness (QED) is 0.446. The van der Waals surface area contributed by atoms with Gasteiger partial charge in [-0.25, -0.2) is 0 Å². The lowest BCUT2D eigenvalue weighted by molar-refractivity contribution is -0.240. The summed E-state index contributed by atoms with van der Waals surface area (Å²) in [5, 5.41) is 0. The van der Waals surface area contributed by atoms with Gasteiger partial charge in [-0.3, -0.25) is 0 Å². The minimum atomic E-state index is -0.504. The van der Waals surface area contributed by atoms with Crippen molar-refractivity contribution >= 4 is 0 Å². The molecule has 0 aromatic rings. The molecule has 0 aliphatic heterocycles. The van der Waals surface area contributed by atoms with E-state index in [1.165, 1.54) is 12.8 Å². The van der Waals surface area contributed by atoms with E-state index in [-0.39, 0.29) is 0 Å². The lowest BCUT2D eigenvalue weighted by Crippen LogP contribution is -2.39. The van der Waals surface area contributed by atoms with Crippen molar-refractivity contribution < 1.29 is 14.2 Å². The summed E-state index contributed by atoms with van der Waals surface area (Å²) < 4.78 is 16.4. The van der Waals surface area contributed by atoms with Crippen molar-refractivity contribution in [3.8, 4) is 0 Å². The first-order valence-corrected chi connectivity index (χ1v) is 5.44. The van der Waals surface area contributed by atoms with Gasteiger partial charge in [-0.2, -0.15) is 0 Å². The van der Waals surface area contributed by atoms with E-state index in [4.69, 9.17) is 14.2 Å². The fourth-order valence-corrected chi connectivity index (χ4v) is 1.56. The molecular formula is C11H22O3. The van der Waals surface area contributed by atoms with Crippen molar-refractivity contribution in [3.63, 3.8) is 0 Å². The van der Waals surface area contributed by atoms with Crippen molar-refractivity contribution in [3.05, 3.63) is 0 Å². The Kier molecular flexibility index (Phi) is 4.85. The van der Waals surface area contributed by atoms with E-state index in [2.05, 4.69) is 6.92 Å². The maximum absolute atomic E-state index is 5.51. The predicted molar refractivity (Wildman–Crippen MR) is 55.2 cm³/mol. The van der Waals surface area contributed by atoms with Gasteiger partial charge in [0.2, 0.25) is 0 Å². The molecule has 1 aliphatic rings. The zero-order valence-electron chi connectivity index (χ0n) is 9.54. The van der Waals surface area contributed by atoms with Gasteiger partial charge < -0.3 is 14.2 Å². The van der Waals surface area contributed by atoms with Crippen molar-refractivity contribution in [2.24, 2.45) is 5.92 Å². The minimum absolute atomic E-state index is 0.504. The van der Waals surface area contributed by atoms with Gasteiger partial charge in [0.05, 0.1) is 0 Å². The van der Waals surface area contributed by atoms with Crippen LogP contribution in [0.2, 0.25) is 0 Å². The minimum Gasteiger partial charge on any atom is -0.376 e. The molecule has 3 heteroatoms. The molecule has 84 valence electrons. The normalized spacial score (nSPS) is 17.4. The number of hydrogen-bond donors (Lipinski definition) is 0. The lowest BCUT2D eigenvalue weighted by atomic mass is 10.1. The van der Waals surface area contributed by atoms with E-state index in [1.807, 2.05) is 0 Å². The Morgan fingerprint density at radius 1 is 1.21 bits per heavy atom. The van der Waals surface area contributed by atoms with E-state index in [1.54, 1.807) is 14.2 Å². The molecule has 0 atom stereocenters. The molecule has 0 bridgehead atoms. The summed E-state index contributed by atoms with van der Waals surface area (Å²) in [5.41, 5.74) is 0. The van der Waals surface area contributed by atoms with Crippen LogP contribution < -0.4 is 0 Å². The Bertz CT molecular complexity index is 151. The second-order valence-electron chi connectivity index (χ2n) is 4.02. The number of rotatable bonds is 8. The van der Waals surface area contributed by atoms with Crippen LogP contribution in [0, 0.1) is 5.92 Å². The summed E-state index contributed by atoms with van der Waals surface area (Å²) in [6.45, 7) is 3.42. The van der Waals surface area contributed by atoms with E-state index in [9.17, 15) is 0 Å². The first-order valence-electron chi connectivity index (χ1n) is 5.44. The van der Waals surface area contributed by atoms with Crippen LogP contribution in [-0.4, -0.2) is 33.2 Å². The van der Waals surface area contributed by atoms with Crippen LogP contribution >= 0.6 is 0 Å². The van der Waals surface area contributed by atoms with Gasteiger partial charge in [0.25, 0.3) is 0 Å². The SMILES string of the molecule is CCCOCC(CC1CC1)(OC)OC. The summed E-state index contributed by atoms with van der Waals surface area (Å²) in [6, 6.07) is 0. The number of ether oxygens (including phenoxy) is 3. The van der Waals surface area contributed by atoms with Crippen LogP contribution in [0.15, 0.2) is 0 Å². The maximum Gasteiger partial charge on any atom is 0.191 e. The molecule has 0 heterocycles. The molecule has 0 amide bonds. The lowest BCUT2D eigenvalue weighted by Gasteiger charge is -2.30. The van der Waals surface area contributed by atoms with Crippen molar-refractivity contribution in [2.75, 3.05) is 27.4 Å². The van der Waals surface area contributed by atoms with E-state index < -0.39 is 5.79 Å². The van der Waals surface area contributed by atoms with Gasteiger partial charge in [-0.05, 0) is 25.2 Å². The fourth-order valence-electron chi connectivity index (χ4n) is 1.56. The summed E-state index contributed by atoms with van der Waals surface area (Å²) in [7, 11) is 3.39. The molecule has 0 aromatic carbocycles. The zero-order chi connectivity index (χ0) is 10.4. The monoisotopic (exact) mass is 202 g/mol. The molecule has 3 nitrogen and oxygen atoms in total. The molecule has 0 aromatic heterocycles. The van der Waals surface area contributed by atoms with Crippen molar-refractivity contribution in [1.82, 2.24) is 0 Å². The summed E-state index contributed by atoms with van der Waals surface area (Å²) >= 11 is 0. The molecular weight excluding hydrogens is 180 g/mol. The van der Waals surface area contributed by atoms with Crippen molar-refractivity contribution in [1.29, 1.82) is 0 Å². The summed E-state index contributed by atoms with van der Waals surface area (Å²) in [6.07, 6.45) is 4.61. The molecule has 14 heavy (non-hydrogen) atoms. The maximum atomic E-state index is 5.51. The van der Waals surface area contributed by atoms with Gasteiger partial charge in [0.15, 0.2) is 5.79 Å². The molecule has 0 saturated heterocycles. The molecule has 1 fully saturated rings. The molecule has 1 aliphatic carbocycles. The topological polar surface area (TPSA) is 27.7 Å². The summed E-state index contributed by atoms with van der Waals surface area (Å²) in [4.78, 5) is 0. The van der Waals surface area contributed by atoms with Gasteiger partial charge >= 0.3 is 0 Å². The van der Waals surface area contributed by atoms with Gasteiger partial charge in [-0.1, -0.05) is 6.92 Å². The van der Waals surface area contributed by atoms with Gasteiger partial charge in [0, 0.05) is 27.2 Å². The number of methoxy groups -OCH3 is 2. The fraction of sp³-hybridized carbons (Fsp3) is 1.00. The highest BCUT2D eigenvalue weighted by molar-refractivity contribution is 4.82. The third-order valence-electron chi connectivity index (χ3n) is 2.71. The average molecular weight is 202 g/mol. The van der Waals surface area contributed by atoms with Gasteiger partial charge in [-0.15, -0.1) is 0 Å². The molecule has 0 radical (unpaired) electrons. The molecule has 0 unspecified atom stereocenters. The summed E-state index contributed by atoms with van der Waals surface area (Å²) in [5.74, 6) is 0.274.